The Morgan fingerprint density at radius 3 is 1.81 bits per heavy atom. The number of aliphatic imine (C=N–C) groups is 1. The molecule has 5 aromatic rings. The Balaban J connectivity index is 1.42. The second-order valence-corrected chi connectivity index (χ2v) is 13.6. The van der Waals surface area contributed by atoms with Gasteiger partial charge in [-0.05, 0) is 122 Å². The molecule has 0 saturated carbocycles. The molecule has 5 aromatic carbocycles. The molecule has 48 heavy (non-hydrogen) atoms. The maximum absolute atomic E-state index is 7.47. The standard InChI is InChI=1S/C43H42ClN3S/c1-4-18-42(48-41-28-16-5-9-19-32(41)2)45-38-30-29-37(31-33(38)3)47(36-24-14-8-15-25-36)40-27-17-26-39(43(40)44)46(34-20-10-6-11-21-34)35-22-12-7-13-23-35/h6-15,17,19-27,29-31H,4-5,16,18,28H2,1-3H3. The third kappa shape index (κ3) is 7.78. The minimum Gasteiger partial charge on any atom is -0.309 e. The number of anilines is 6. The van der Waals surface area contributed by atoms with Crippen LogP contribution >= 0.6 is 23.4 Å². The van der Waals surface area contributed by atoms with E-state index in [1.54, 1.807) is 0 Å². The first kappa shape index (κ1) is 33.4. The van der Waals surface area contributed by atoms with E-state index in [9.17, 15) is 0 Å². The van der Waals surface area contributed by atoms with Gasteiger partial charge in [0.1, 0.15) is 0 Å². The lowest BCUT2D eigenvalue weighted by Crippen LogP contribution is -2.14. The molecule has 0 aromatic heterocycles. The van der Waals surface area contributed by atoms with Crippen molar-refractivity contribution in [2.45, 2.75) is 52.9 Å². The largest absolute Gasteiger partial charge is 0.309 e. The van der Waals surface area contributed by atoms with E-state index in [0.29, 0.717) is 5.02 Å². The minimum absolute atomic E-state index is 0.663. The van der Waals surface area contributed by atoms with Crippen molar-refractivity contribution >= 4 is 68.2 Å². The fourth-order valence-corrected chi connectivity index (χ4v) is 7.53. The van der Waals surface area contributed by atoms with Crippen molar-refractivity contribution in [1.29, 1.82) is 0 Å². The lowest BCUT2D eigenvalue weighted by Gasteiger charge is -2.31. The summed E-state index contributed by atoms with van der Waals surface area (Å²) in [4.78, 5) is 11.1. The van der Waals surface area contributed by atoms with E-state index in [2.05, 4.69) is 152 Å². The number of nitrogens with zero attached hydrogens (tertiary/aromatic N) is 3. The second kappa shape index (κ2) is 16.1. The summed E-state index contributed by atoms with van der Waals surface area (Å²) >= 11 is 9.34. The number of hydrogen-bond donors (Lipinski definition) is 0. The maximum Gasteiger partial charge on any atom is 0.0887 e. The quantitative estimate of drug-likeness (QED) is 0.109. The molecule has 1 aliphatic rings. The Bertz CT molecular complexity index is 1880. The van der Waals surface area contributed by atoms with Gasteiger partial charge in [-0.2, -0.15) is 0 Å². The molecule has 0 aliphatic heterocycles. The van der Waals surface area contributed by atoms with Crippen LogP contribution in [0.5, 0.6) is 0 Å². The number of benzene rings is 5. The Morgan fingerprint density at radius 1 is 0.708 bits per heavy atom. The molecule has 0 fully saturated rings. The van der Waals surface area contributed by atoms with Gasteiger partial charge in [0.05, 0.1) is 27.1 Å². The van der Waals surface area contributed by atoms with Crippen LogP contribution in [0.1, 0.15) is 51.5 Å². The Labute approximate surface area is 295 Å². The normalized spacial score (nSPS) is 13.4. The van der Waals surface area contributed by atoms with E-state index >= 15 is 0 Å². The summed E-state index contributed by atoms with van der Waals surface area (Å²) in [5.41, 5.74) is 9.44. The molecule has 0 saturated heterocycles. The van der Waals surface area contributed by atoms with Gasteiger partial charge in [0.25, 0.3) is 0 Å². The highest BCUT2D eigenvalue weighted by Crippen LogP contribution is 2.47. The summed E-state index contributed by atoms with van der Waals surface area (Å²) in [6, 6.07) is 44.0. The number of para-hydroxylation sites is 3. The van der Waals surface area contributed by atoms with E-state index in [1.807, 2.05) is 30.0 Å². The van der Waals surface area contributed by atoms with Crippen molar-refractivity contribution in [3.8, 4) is 0 Å². The van der Waals surface area contributed by atoms with Crippen molar-refractivity contribution in [1.82, 2.24) is 0 Å². The van der Waals surface area contributed by atoms with Crippen LogP contribution in [0.15, 0.2) is 155 Å². The second-order valence-electron chi connectivity index (χ2n) is 12.0. The molecular formula is C43H42ClN3S. The average molecular weight is 668 g/mol. The van der Waals surface area contributed by atoms with Gasteiger partial charge in [-0.3, -0.25) is 0 Å². The Kier molecular flexibility index (Phi) is 11.2. The number of hydrogen-bond acceptors (Lipinski definition) is 4. The summed E-state index contributed by atoms with van der Waals surface area (Å²) < 4.78 is 0. The summed E-state index contributed by atoms with van der Waals surface area (Å²) in [6.45, 7) is 6.61. The van der Waals surface area contributed by atoms with Gasteiger partial charge in [0, 0.05) is 22.7 Å². The molecule has 5 heteroatoms. The van der Waals surface area contributed by atoms with Crippen molar-refractivity contribution in [3.63, 3.8) is 0 Å². The first-order valence-corrected chi connectivity index (χ1v) is 18.0. The lowest BCUT2D eigenvalue weighted by atomic mass is 10.1. The van der Waals surface area contributed by atoms with E-state index in [-0.39, 0.29) is 0 Å². The van der Waals surface area contributed by atoms with Gasteiger partial charge in [-0.25, -0.2) is 4.99 Å². The van der Waals surface area contributed by atoms with Crippen LogP contribution in [-0.4, -0.2) is 5.04 Å². The van der Waals surface area contributed by atoms with Crippen LogP contribution in [0.25, 0.3) is 0 Å². The smallest absolute Gasteiger partial charge is 0.0887 e. The van der Waals surface area contributed by atoms with Gasteiger partial charge >= 0.3 is 0 Å². The predicted octanol–water partition coefficient (Wildman–Crippen LogP) is 14.2. The number of thioether (sulfide) groups is 1. The van der Waals surface area contributed by atoms with Crippen molar-refractivity contribution in [2.75, 3.05) is 9.80 Å². The van der Waals surface area contributed by atoms with Crippen molar-refractivity contribution < 1.29 is 0 Å². The van der Waals surface area contributed by atoms with E-state index in [4.69, 9.17) is 16.6 Å². The van der Waals surface area contributed by atoms with E-state index < -0.39 is 0 Å². The molecule has 242 valence electrons. The highest BCUT2D eigenvalue weighted by atomic mass is 35.5. The molecule has 0 heterocycles. The van der Waals surface area contributed by atoms with Crippen LogP contribution in [0.3, 0.4) is 0 Å². The van der Waals surface area contributed by atoms with E-state index in [0.717, 1.165) is 71.1 Å². The predicted molar refractivity (Wildman–Crippen MR) is 211 cm³/mol. The first-order valence-electron chi connectivity index (χ1n) is 16.8. The summed E-state index contributed by atoms with van der Waals surface area (Å²) in [7, 11) is 0. The van der Waals surface area contributed by atoms with Gasteiger partial charge in [0.2, 0.25) is 0 Å². The molecule has 0 N–H and O–H groups in total. The molecule has 3 nitrogen and oxygen atoms in total. The SMILES string of the molecule is CCCC(=Nc1ccc(N(c2ccccc2)c2cccc(N(c3ccccc3)c3ccccc3)c2Cl)cc1C)SC1=C(C)C=CCCC1. The number of aryl methyl sites for hydroxylation is 1. The highest BCUT2D eigenvalue weighted by molar-refractivity contribution is 8.17. The molecule has 6 rings (SSSR count). The van der Waals surface area contributed by atoms with Gasteiger partial charge in [0.15, 0.2) is 0 Å². The fourth-order valence-electron chi connectivity index (χ4n) is 6.03. The monoisotopic (exact) mass is 667 g/mol. The van der Waals surface area contributed by atoms with Crippen LogP contribution in [0, 0.1) is 6.92 Å². The molecule has 0 bridgehead atoms. The highest BCUT2D eigenvalue weighted by Gasteiger charge is 2.22. The van der Waals surface area contributed by atoms with Gasteiger partial charge < -0.3 is 9.80 Å². The van der Waals surface area contributed by atoms with Crippen LogP contribution in [-0.2, 0) is 0 Å². The Morgan fingerprint density at radius 2 is 1.27 bits per heavy atom. The van der Waals surface area contributed by atoms with Crippen molar-refractivity contribution in [3.05, 3.63) is 161 Å². The van der Waals surface area contributed by atoms with Crippen molar-refractivity contribution in [2.24, 2.45) is 4.99 Å². The molecule has 0 amide bonds. The summed E-state index contributed by atoms with van der Waals surface area (Å²) in [6.07, 6.45) is 10.0. The third-order valence-electron chi connectivity index (χ3n) is 8.45. The zero-order valence-electron chi connectivity index (χ0n) is 27.9. The van der Waals surface area contributed by atoms with E-state index in [1.165, 1.54) is 21.9 Å². The summed E-state index contributed by atoms with van der Waals surface area (Å²) in [5, 5.41) is 1.84. The molecule has 0 atom stereocenters. The average Bonchev–Trinajstić information content (AvgIpc) is 3.32. The van der Waals surface area contributed by atoms with Gasteiger partial charge in [-0.1, -0.05) is 110 Å². The first-order chi connectivity index (χ1) is 23.5. The van der Waals surface area contributed by atoms with Crippen LogP contribution in [0.2, 0.25) is 5.02 Å². The molecule has 0 unspecified atom stereocenters. The Hall–Kier alpha value is -4.51. The fraction of sp³-hybridized carbons (Fsp3) is 0.186. The number of rotatable bonds is 10. The minimum atomic E-state index is 0.663. The number of halogens is 1. The zero-order chi connectivity index (χ0) is 33.3. The summed E-state index contributed by atoms with van der Waals surface area (Å²) in [5.74, 6) is 0. The lowest BCUT2D eigenvalue weighted by molar-refractivity contribution is 0.867. The molecular weight excluding hydrogens is 626 g/mol. The van der Waals surface area contributed by atoms with Gasteiger partial charge in [-0.15, -0.1) is 0 Å². The third-order valence-corrected chi connectivity index (χ3v) is 10.1. The maximum atomic E-state index is 7.47. The molecule has 1 aliphatic carbocycles. The van der Waals surface area contributed by atoms with Crippen LogP contribution in [0.4, 0.5) is 39.8 Å². The zero-order valence-corrected chi connectivity index (χ0v) is 29.5. The molecule has 0 spiro atoms. The van der Waals surface area contributed by atoms with Crippen LogP contribution < -0.4 is 9.80 Å². The number of allylic oxidation sites excluding steroid dienone is 4. The molecule has 0 radical (unpaired) electrons. The topological polar surface area (TPSA) is 18.8 Å².